The normalized spacial score (nSPS) is 17.5. The fourth-order valence-corrected chi connectivity index (χ4v) is 5.85. The van der Waals surface area contributed by atoms with Gasteiger partial charge in [-0.05, 0) is 57.9 Å². The molecule has 2 saturated heterocycles. The van der Waals surface area contributed by atoms with Crippen molar-refractivity contribution in [1.82, 2.24) is 24.8 Å². The molecule has 0 saturated carbocycles. The number of aryl methyl sites for hydroxylation is 1. The number of piperidine rings is 1. The number of carbonyl (C=O) groups is 1. The Morgan fingerprint density at radius 1 is 1.10 bits per heavy atom. The number of pyridine rings is 1. The highest BCUT2D eigenvalue weighted by molar-refractivity contribution is 5.97. The standard InChI is InChI=1S/C31H45N9O2/c1-6-23-29(35-19-31(2,3)30(33)41)37-26-22(18-34-28(32)27(26)36-23)20-7-8-24(25(17-20)42-5)40-11-9-21(10-12-40)39-15-13-38(4)14-16-39/h7-8,17-18,21H,6,9-16,19H2,1-5H3,(H2,32,34)(H2,33,41)(H,35,37). The lowest BCUT2D eigenvalue weighted by molar-refractivity contribution is -0.125. The molecule has 0 atom stereocenters. The maximum absolute atomic E-state index is 11.9. The molecular formula is C31H45N9O2. The summed E-state index contributed by atoms with van der Waals surface area (Å²) >= 11 is 0. The molecule has 0 spiro atoms. The van der Waals surface area contributed by atoms with Crippen LogP contribution in [0.2, 0.25) is 0 Å². The maximum Gasteiger partial charge on any atom is 0.224 e. The van der Waals surface area contributed by atoms with Gasteiger partial charge in [-0.2, -0.15) is 0 Å². The number of nitrogen functional groups attached to an aromatic ring is 1. The molecule has 2 aliphatic heterocycles. The lowest BCUT2D eigenvalue weighted by Crippen LogP contribution is -2.52. The van der Waals surface area contributed by atoms with Gasteiger partial charge in [-0.1, -0.05) is 13.0 Å². The van der Waals surface area contributed by atoms with Crippen LogP contribution in [-0.4, -0.2) is 96.7 Å². The highest BCUT2D eigenvalue weighted by atomic mass is 16.5. The first-order valence-electron chi connectivity index (χ1n) is 15.0. The summed E-state index contributed by atoms with van der Waals surface area (Å²) in [6.45, 7) is 12.6. The number of nitrogens with one attached hydrogen (secondary N) is 1. The van der Waals surface area contributed by atoms with Crippen LogP contribution in [0.15, 0.2) is 24.4 Å². The van der Waals surface area contributed by atoms with Gasteiger partial charge in [-0.15, -0.1) is 0 Å². The summed E-state index contributed by atoms with van der Waals surface area (Å²) in [5.41, 5.74) is 15.9. The van der Waals surface area contributed by atoms with Gasteiger partial charge < -0.3 is 31.3 Å². The predicted molar refractivity (Wildman–Crippen MR) is 169 cm³/mol. The number of nitrogens with zero attached hydrogens (tertiary/aromatic N) is 6. The van der Waals surface area contributed by atoms with Crippen LogP contribution in [0, 0.1) is 5.41 Å². The number of hydrogen-bond donors (Lipinski definition) is 3. The molecule has 5 rings (SSSR count). The molecular weight excluding hydrogens is 530 g/mol. The van der Waals surface area contributed by atoms with Crippen molar-refractivity contribution < 1.29 is 9.53 Å². The number of amides is 1. The van der Waals surface area contributed by atoms with Gasteiger partial charge in [0.25, 0.3) is 0 Å². The van der Waals surface area contributed by atoms with E-state index < -0.39 is 5.41 Å². The zero-order valence-electron chi connectivity index (χ0n) is 25.6. The number of piperazine rings is 1. The fraction of sp³-hybridized carbons (Fsp3) is 0.548. The molecule has 0 aliphatic carbocycles. The van der Waals surface area contributed by atoms with Crippen molar-refractivity contribution in [1.29, 1.82) is 0 Å². The first-order valence-corrected chi connectivity index (χ1v) is 15.0. The lowest BCUT2D eigenvalue weighted by atomic mass is 9.93. The van der Waals surface area contributed by atoms with Crippen LogP contribution in [0.3, 0.4) is 0 Å². The Labute approximate surface area is 248 Å². The predicted octanol–water partition coefficient (Wildman–Crippen LogP) is 2.98. The number of nitrogens with two attached hydrogens (primary N) is 2. The third-order valence-electron chi connectivity index (χ3n) is 8.85. The summed E-state index contributed by atoms with van der Waals surface area (Å²) in [4.78, 5) is 33.7. The summed E-state index contributed by atoms with van der Waals surface area (Å²) < 4.78 is 5.92. The second-order valence-corrected chi connectivity index (χ2v) is 12.2. The van der Waals surface area contributed by atoms with Crippen LogP contribution in [0.5, 0.6) is 5.75 Å². The summed E-state index contributed by atoms with van der Waals surface area (Å²) in [7, 11) is 3.92. The molecule has 11 heteroatoms. The third kappa shape index (κ3) is 6.07. The highest BCUT2D eigenvalue weighted by Gasteiger charge is 2.28. The molecule has 226 valence electrons. The van der Waals surface area contributed by atoms with E-state index in [4.69, 9.17) is 26.2 Å². The molecule has 1 amide bonds. The molecule has 11 nitrogen and oxygen atoms in total. The Morgan fingerprint density at radius 2 is 1.81 bits per heavy atom. The second kappa shape index (κ2) is 12.3. The van der Waals surface area contributed by atoms with Gasteiger partial charge >= 0.3 is 0 Å². The number of carbonyl (C=O) groups excluding carboxylic acids is 1. The van der Waals surface area contributed by atoms with E-state index in [9.17, 15) is 4.79 Å². The van der Waals surface area contributed by atoms with E-state index in [0.717, 1.165) is 80.4 Å². The summed E-state index contributed by atoms with van der Waals surface area (Å²) in [5.74, 6) is 1.37. The number of hydrogen-bond acceptors (Lipinski definition) is 10. The van der Waals surface area contributed by atoms with Gasteiger partial charge in [-0.3, -0.25) is 9.69 Å². The fourth-order valence-electron chi connectivity index (χ4n) is 5.85. The molecule has 1 aromatic carbocycles. The molecule has 4 heterocycles. The minimum atomic E-state index is -0.746. The van der Waals surface area contributed by atoms with E-state index in [-0.39, 0.29) is 5.91 Å². The molecule has 3 aromatic rings. The van der Waals surface area contributed by atoms with Gasteiger partial charge in [0.1, 0.15) is 22.6 Å². The van der Waals surface area contributed by atoms with Crippen molar-refractivity contribution in [3.63, 3.8) is 0 Å². The minimum Gasteiger partial charge on any atom is -0.495 e. The number of rotatable bonds is 9. The Morgan fingerprint density at radius 3 is 2.45 bits per heavy atom. The van der Waals surface area contributed by atoms with E-state index in [2.05, 4.69) is 44.2 Å². The number of fused-ring (bicyclic) bond motifs is 1. The van der Waals surface area contributed by atoms with E-state index in [1.807, 2.05) is 13.0 Å². The molecule has 0 radical (unpaired) electrons. The highest BCUT2D eigenvalue weighted by Crippen LogP contribution is 2.38. The summed E-state index contributed by atoms with van der Waals surface area (Å²) in [6.07, 6.45) is 4.68. The number of ether oxygens (including phenoxy) is 1. The van der Waals surface area contributed by atoms with Crippen molar-refractivity contribution in [3.8, 4) is 16.9 Å². The summed E-state index contributed by atoms with van der Waals surface area (Å²) in [6, 6.07) is 6.92. The van der Waals surface area contributed by atoms with Crippen molar-refractivity contribution in [2.24, 2.45) is 11.1 Å². The number of anilines is 3. The molecule has 2 aliphatic rings. The van der Waals surface area contributed by atoms with E-state index in [0.29, 0.717) is 41.7 Å². The Bertz CT molecular complexity index is 1430. The van der Waals surface area contributed by atoms with Gasteiger partial charge in [0.15, 0.2) is 5.82 Å². The first-order chi connectivity index (χ1) is 20.1. The Balaban J connectivity index is 1.41. The average Bonchev–Trinajstić information content (AvgIpc) is 3.00. The summed E-state index contributed by atoms with van der Waals surface area (Å²) in [5, 5.41) is 3.31. The topological polar surface area (TPSA) is 139 Å². The van der Waals surface area contributed by atoms with Crippen LogP contribution in [0.25, 0.3) is 22.2 Å². The van der Waals surface area contributed by atoms with E-state index in [1.54, 1.807) is 27.2 Å². The Hall–Kier alpha value is -3.70. The average molecular weight is 576 g/mol. The smallest absolute Gasteiger partial charge is 0.224 e. The van der Waals surface area contributed by atoms with Crippen molar-refractivity contribution in [2.75, 3.05) is 75.9 Å². The zero-order valence-corrected chi connectivity index (χ0v) is 25.6. The monoisotopic (exact) mass is 575 g/mol. The largest absolute Gasteiger partial charge is 0.495 e. The van der Waals surface area contributed by atoms with E-state index in [1.165, 1.54) is 0 Å². The van der Waals surface area contributed by atoms with Crippen LogP contribution in [0.1, 0.15) is 39.3 Å². The number of benzene rings is 1. The van der Waals surface area contributed by atoms with Gasteiger partial charge in [-0.25, -0.2) is 15.0 Å². The number of methoxy groups -OCH3 is 1. The maximum atomic E-state index is 11.9. The third-order valence-corrected chi connectivity index (χ3v) is 8.85. The number of primary amides is 1. The first kappa shape index (κ1) is 29.8. The van der Waals surface area contributed by atoms with Gasteiger partial charge in [0.2, 0.25) is 5.91 Å². The number of aromatic nitrogens is 3. The SMILES string of the molecule is CCc1nc2c(N)ncc(-c3ccc(N4CCC(N5CCN(C)CC5)CC4)c(OC)c3)c2nc1NCC(C)(C)C(N)=O. The molecule has 2 fully saturated rings. The van der Waals surface area contributed by atoms with Gasteiger partial charge in [0, 0.05) is 63.6 Å². The zero-order chi connectivity index (χ0) is 30.0. The van der Waals surface area contributed by atoms with Crippen LogP contribution < -0.4 is 26.4 Å². The number of likely N-dealkylation sites (N-methyl/N-ethyl adjacent to an activating group) is 1. The van der Waals surface area contributed by atoms with E-state index >= 15 is 0 Å². The second-order valence-electron chi connectivity index (χ2n) is 12.2. The van der Waals surface area contributed by atoms with Crippen LogP contribution in [-0.2, 0) is 11.2 Å². The molecule has 5 N–H and O–H groups in total. The van der Waals surface area contributed by atoms with Crippen molar-refractivity contribution >= 4 is 34.3 Å². The van der Waals surface area contributed by atoms with Crippen LogP contribution >= 0.6 is 0 Å². The quantitative estimate of drug-likeness (QED) is 0.349. The molecule has 0 unspecified atom stereocenters. The minimum absolute atomic E-state index is 0.326. The Kier molecular flexibility index (Phi) is 8.70. The molecule has 0 bridgehead atoms. The van der Waals surface area contributed by atoms with Crippen molar-refractivity contribution in [2.45, 2.75) is 46.1 Å². The molecule has 2 aromatic heterocycles. The lowest BCUT2D eigenvalue weighted by Gasteiger charge is -2.42. The van der Waals surface area contributed by atoms with Crippen molar-refractivity contribution in [3.05, 3.63) is 30.1 Å². The molecule has 42 heavy (non-hydrogen) atoms. The van der Waals surface area contributed by atoms with Gasteiger partial charge in [0.05, 0.1) is 23.9 Å². The van der Waals surface area contributed by atoms with Crippen LogP contribution in [0.4, 0.5) is 17.3 Å².